The molecule has 0 saturated carbocycles. The monoisotopic (exact) mass is 379 g/mol. The van der Waals surface area contributed by atoms with Crippen molar-refractivity contribution in [2.24, 2.45) is 0 Å². The Balaban J connectivity index is 1.50. The van der Waals surface area contributed by atoms with Crippen LogP contribution >= 0.6 is 22.7 Å². The second kappa shape index (κ2) is 6.75. The summed E-state index contributed by atoms with van der Waals surface area (Å²) in [4.78, 5) is 5.37. The van der Waals surface area contributed by atoms with E-state index in [2.05, 4.69) is 49.4 Å². The summed E-state index contributed by atoms with van der Waals surface area (Å²) in [5.41, 5.74) is 2.43. The average Bonchev–Trinajstić information content (AvgIpc) is 3.44. The normalized spacial score (nSPS) is 17.3. The van der Waals surface area contributed by atoms with E-state index in [1.807, 2.05) is 57.7 Å². The molecule has 0 spiro atoms. The van der Waals surface area contributed by atoms with Crippen molar-refractivity contribution in [2.45, 2.75) is 19.0 Å². The van der Waals surface area contributed by atoms with E-state index in [0.717, 1.165) is 31.0 Å². The molecular weight excluding hydrogens is 362 g/mol. The van der Waals surface area contributed by atoms with E-state index in [1.54, 1.807) is 0 Å². The predicted octanol–water partition coefficient (Wildman–Crippen LogP) is 3.93. The topological polar surface area (TPSA) is 46.8 Å². The van der Waals surface area contributed by atoms with Gasteiger partial charge in [-0.05, 0) is 57.4 Å². The maximum absolute atomic E-state index is 4.31. The molecule has 0 bridgehead atoms. The van der Waals surface area contributed by atoms with Crippen LogP contribution in [0.25, 0.3) is 5.69 Å². The lowest BCUT2D eigenvalue weighted by Gasteiger charge is -2.34. The van der Waals surface area contributed by atoms with Gasteiger partial charge in [0, 0.05) is 16.3 Å². The highest BCUT2D eigenvalue weighted by Crippen LogP contribution is 2.40. The van der Waals surface area contributed by atoms with Gasteiger partial charge >= 0.3 is 0 Å². The molecule has 4 heterocycles. The maximum atomic E-state index is 4.31. The summed E-state index contributed by atoms with van der Waals surface area (Å²) in [6.45, 7) is 1.73. The number of aromatic nitrogens is 4. The molecule has 26 heavy (non-hydrogen) atoms. The number of thiophene rings is 2. The third kappa shape index (κ3) is 2.78. The Labute approximate surface area is 159 Å². The van der Waals surface area contributed by atoms with Gasteiger partial charge in [-0.25, -0.2) is 0 Å². The Bertz CT molecular complexity index is 990. The number of nitrogens with zero attached hydrogens (tertiary/aromatic N) is 5. The first-order valence-electron chi connectivity index (χ1n) is 8.56. The number of para-hydroxylation sites is 1. The molecule has 5 nitrogen and oxygen atoms in total. The summed E-state index contributed by atoms with van der Waals surface area (Å²) >= 11 is 3.69. The fourth-order valence-electron chi connectivity index (χ4n) is 3.57. The molecule has 130 valence electrons. The molecule has 0 amide bonds. The minimum Gasteiger partial charge on any atom is -0.284 e. The van der Waals surface area contributed by atoms with Crippen LogP contribution in [-0.2, 0) is 13.0 Å². The molecule has 3 aromatic heterocycles. The Hall–Kier alpha value is -2.35. The van der Waals surface area contributed by atoms with Crippen LogP contribution < -0.4 is 0 Å². The molecule has 0 radical (unpaired) electrons. The lowest BCUT2D eigenvalue weighted by atomic mass is 9.98. The molecule has 1 aliphatic heterocycles. The Kier molecular flexibility index (Phi) is 4.12. The van der Waals surface area contributed by atoms with Crippen molar-refractivity contribution in [1.82, 2.24) is 25.1 Å². The molecule has 1 aromatic carbocycles. The second-order valence-corrected chi connectivity index (χ2v) is 8.26. The molecule has 0 fully saturated rings. The van der Waals surface area contributed by atoms with E-state index in [1.165, 1.54) is 15.3 Å². The first kappa shape index (κ1) is 15.9. The van der Waals surface area contributed by atoms with Crippen molar-refractivity contribution in [3.63, 3.8) is 0 Å². The van der Waals surface area contributed by atoms with Crippen LogP contribution in [0.1, 0.15) is 27.2 Å². The highest BCUT2D eigenvalue weighted by atomic mass is 32.1. The Morgan fingerprint density at radius 1 is 1.00 bits per heavy atom. The van der Waals surface area contributed by atoms with Crippen molar-refractivity contribution < 1.29 is 0 Å². The van der Waals surface area contributed by atoms with Gasteiger partial charge in [-0.15, -0.1) is 27.8 Å². The molecule has 0 saturated heterocycles. The third-order valence-corrected chi connectivity index (χ3v) is 6.68. The molecule has 5 rings (SSSR count). The lowest BCUT2D eigenvalue weighted by molar-refractivity contribution is 0.202. The van der Waals surface area contributed by atoms with Gasteiger partial charge in [0.15, 0.2) is 5.82 Å². The van der Waals surface area contributed by atoms with Crippen LogP contribution in [0, 0.1) is 0 Å². The smallest absolute Gasteiger partial charge is 0.170 e. The fraction of sp³-hybridized carbons (Fsp3) is 0.211. The molecule has 0 unspecified atom stereocenters. The van der Waals surface area contributed by atoms with Crippen LogP contribution in [0.2, 0.25) is 0 Å². The molecule has 7 heteroatoms. The zero-order valence-corrected chi connectivity index (χ0v) is 15.7. The average molecular weight is 380 g/mol. The summed E-state index contributed by atoms with van der Waals surface area (Å²) in [7, 11) is 0. The standard InChI is InChI=1S/C19H17N5S2/c1-2-5-14(6-3-1)24-18(20-21-22-24)13-23-10-8-16-15(9-12-26-16)19(23)17-7-4-11-25-17/h1-7,9,11-12,19H,8,10,13H2/t19-/m1/s1. The third-order valence-electron chi connectivity index (χ3n) is 4.76. The number of rotatable bonds is 4. The lowest BCUT2D eigenvalue weighted by Crippen LogP contribution is -2.35. The van der Waals surface area contributed by atoms with E-state index < -0.39 is 0 Å². The molecule has 4 aromatic rings. The van der Waals surface area contributed by atoms with Crippen LogP contribution in [-0.4, -0.2) is 31.7 Å². The summed E-state index contributed by atoms with van der Waals surface area (Å²) in [6, 6.07) is 17.0. The predicted molar refractivity (Wildman–Crippen MR) is 104 cm³/mol. The van der Waals surface area contributed by atoms with Crippen LogP contribution in [0.4, 0.5) is 0 Å². The minimum absolute atomic E-state index is 0.283. The molecular formula is C19H17N5S2. The molecule has 1 atom stereocenters. The van der Waals surface area contributed by atoms with E-state index in [9.17, 15) is 0 Å². The second-order valence-electron chi connectivity index (χ2n) is 6.28. The van der Waals surface area contributed by atoms with Crippen molar-refractivity contribution >= 4 is 22.7 Å². The fourth-order valence-corrected chi connectivity index (χ4v) is 5.35. The quantitative estimate of drug-likeness (QED) is 0.539. The number of hydrogen-bond donors (Lipinski definition) is 0. The van der Waals surface area contributed by atoms with E-state index in [4.69, 9.17) is 0 Å². The SMILES string of the molecule is c1ccc(-n2nnnc2CN2CCc3sccc3[C@@H]2c2cccs2)cc1. The van der Waals surface area contributed by atoms with Crippen LogP contribution in [0.15, 0.2) is 59.3 Å². The van der Waals surface area contributed by atoms with Gasteiger partial charge in [-0.2, -0.15) is 4.68 Å². The highest BCUT2D eigenvalue weighted by molar-refractivity contribution is 7.10. The first-order valence-corrected chi connectivity index (χ1v) is 10.3. The van der Waals surface area contributed by atoms with Gasteiger partial charge in [-0.3, -0.25) is 4.90 Å². The summed E-state index contributed by atoms with van der Waals surface area (Å²) in [5, 5.41) is 16.8. The number of tetrazole rings is 1. The summed E-state index contributed by atoms with van der Waals surface area (Å²) in [5.74, 6) is 0.872. The Morgan fingerprint density at radius 3 is 2.77 bits per heavy atom. The van der Waals surface area contributed by atoms with E-state index >= 15 is 0 Å². The number of benzene rings is 1. The van der Waals surface area contributed by atoms with Gasteiger partial charge in [0.25, 0.3) is 0 Å². The van der Waals surface area contributed by atoms with E-state index in [0.29, 0.717) is 0 Å². The van der Waals surface area contributed by atoms with Gasteiger partial charge in [0.05, 0.1) is 18.3 Å². The van der Waals surface area contributed by atoms with Crippen LogP contribution in [0.5, 0.6) is 0 Å². The van der Waals surface area contributed by atoms with Crippen molar-refractivity contribution in [2.75, 3.05) is 6.54 Å². The highest BCUT2D eigenvalue weighted by Gasteiger charge is 2.31. The summed E-state index contributed by atoms with van der Waals surface area (Å²) in [6.07, 6.45) is 1.09. The van der Waals surface area contributed by atoms with E-state index in [-0.39, 0.29) is 6.04 Å². The number of hydrogen-bond acceptors (Lipinski definition) is 6. The minimum atomic E-state index is 0.283. The van der Waals surface area contributed by atoms with Gasteiger partial charge in [-0.1, -0.05) is 24.3 Å². The van der Waals surface area contributed by atoms with Gasteiger partial charge in [0.1, 0.15) is 0 Å². The first-order chi connectivity index (χ1) is 12.9. The molecule has 0 N–H and O–H groups in total. The Morgan fingerprint density at radius 2 is 1.92 bits per heavy atom. The van der Waals surface area contributed by atoms with Crippen LogP contribution in [0.3, 0.4) is 0 Å². The van der Waals surface area contributed by atoms with Crippen molar-refractivity contribution in [3.05, 3.63) is 80.4 Å². The summed E-state index contributed by atoms with van der Waals surface area (Å²) < 4.78 is 1.84. The largest absolute Gasteiger partial charge is 0.284 e. The molecule has 1 aliphatic rings. The number of fused-ring (bicyclic) bond motifs is 1. The van der Waals surface area contributed by atoms with Gasteiger partial charge in [0.2, 0.25) is 0 Å². The van der Waals surface area contributed by atoms with Crippen molar-refractivity contribution in [1.29, 1.82) is 0 Å². The van der Waals surface area contributed by atoms with Crippen molar-refractivity contribution in [3.8, 4) is 5.69 Å². The maximum Gasteiger partial charge on any atom is 0.170 e. The molecule has 0 aliphatic carbocycles. The zero-order chi connectivity index (χ0) is 17.3. The zero-order valence-electron chi connectivity index (χ0n) is 14.0. The van der Waals surface area contributed by atoms with Gasteiger partial charge < -0.3 is 0 Å².